The van der Waals surface area contributed by atoms with Gasteiger partial charge in [-0.1, -0.05) is 58.1 Å². The zero-order chi connectivity index (χ0) is 17.0. The lowest BCUT2D eigenvalue weighted by Crippen LogP contribution is -2.56. The molecule has 2 bridgehead atoms. The van der Waals surface area contributed by atoms with E-state index in [0.29, 0.717) is 37.1 Å². The fraction of sp³-hybridized carbons (Fsp3) is 0.850. The van der Waals surface area contributed by atoms with Crippen LogP contribution in [0.5, 0.6) is 0 Å². The second-order valence-corrected chi connectivity index (χ2v) is 7.73. The number of fused-ring (bicyclic) bond motifs is 2. The molecule has 1 heterocycles. The minimum atomic E-state index is -0.191. The Balaban J connectivity index is 2.11. The van der Waals surface area contributed by atoms with Gasteiger partial charge in [-0.05, 0) is 25.2 Å². The Morgan fingerprint density at radius 1 is 1.35 bits per heavy atom. The fourth-order valence-electron chi connectivity index (χ4n) is 4.66. The Labute approximate surface area is 141 Å². The van der Waals surface area contributed by atoms with E-state index < -0.39 is 0 Å². The van der Waals surface area contributed by atoms with Crippen molar-refractivity contribution in [2.45, 2.75) is 72.8 Å². The van der Waals surface area contributed by atoms with Crippen LogP contribution in [0.15, 0.2) is 11.6 Å². The lowest BCUT2D eigenvalue weighted by molar-refractivity contribution is -0.180. The Kier molecular flexibility index (Phi) is 6.30. The third kappa shape index (κ3) is 3.81. The third-order valence-corrected chi connectivity index (χ3v) is 6.24. The van der Waals surface area contributed by atoms with Crippen LogP contribution >= 0.6 is 0 Å². The first-order valence-electron chi connectivity index (χ1n) is 9.35. The van der Waals surface area contributed by atoms with E-state index in [9.17, 15) is 4.79 Å². The maximum absolute atomic E-state index is 11.3. The van der Waals surface area contributed by atoms with Gasteiger partial charge in [-0.15, -0.1) is 0 Å². The van der Waals surface area contributed by atoms with Crippen LogP contribution in [0, 0.1) is 23.2 Å². The van der Waals surface area contributed by atoms with Gasteiger partial charge in [0.15, 0.2) is 0 Å². The molecule has 1 fully saturated rings. The van der Waals surface area contributed by atoms with Gasteiger partial charge in [0, 0.05) is 18.3 Å². The molecule has 132 valence electrons. The molecule has 5 atom stereocenters. The minimum Gasteiger partial charge on any atom is -0.465 e. The lowest BCUT2D eigenvalue weighted by Gasteiger charge is -2.55. The second-order valence-electron chi connectivity index (χ2n) is 7.73. The molecule has 0 spiro atoms. The fourth-order valence-corrected chi connectivity index (χ4v) is 4.66. The van der Waals surface area contributed by atoms with Crippen molar-refractivity contribution < 1.29 is 14.3 Å². The molecule has 0 saturated carbocycles. The van der Waals surface area contributed by atoms with Crippen molar-refractivity contribution in [1.29, 1.82) is 0 Å². The maximum Gasteiger partial charge on any atom is 0.302 e. The van der Waals surface area contributed by atoms with Gasteiger partial charge in [-0.25, -0.2) is 0 Å². The molecule has 0 N–H and O–H groups in total. The maximum atomic E-state index is 11.3. The standard InChI is InChI=1S/C20H34O3/c1-6-7-8-9-10-18-19-14(2)11-15(3)20(13-23-18,16(19)4)12-22-17(5)21/h11,15-16,18-19H,6-10,12-13H2,1-5H3/t15-,16+,18-,19-,20+/m0/s1. The summed E-state index contributed by atoms with van der Waals surface area (Å²) in [6.07, 6.45) is 9.02. The highest BCUT2D eigenvalue weighted by atomic mass is 16.5. The largest absolute Gasteiger partial charge is 0.465 e. The van der Waals surface area contributed by atoms with Crippen molar-refractivity contribution in [2.24, 2.45) is 23.2 Å². The van der Waals surface area contributed by atoms with Crippen molar-refractivity contribution in [3.63, 3.8) is 0 Å². The van der Waals surface area contributed by atoms with Crippen molar-refractivity contribution in [1.82, 2.24) is 0 Å². The van der Waals surface area contributed by atoms with Gasteiger partial charge in [0.1, 0.15) is 0 Å². The minimum absolute atomic E-state index is 0.0598. The Hall–Kier alpha value is -0.830. The van der Waals surface area contributed by atoms with Crippen LogP contribution in [0.1, 0.15) is 66.7 Å². The van der Waals surface area contributed by atoms with Gasteiger partial charge in [-0.2, -0.15) is 0 Å². The second kappa shape index (κ2) is 7.83. The number of carbonyl (C=O) groups is 1. The number of esters is 1. The predicted octanol–water partition coefficient (Wildman–Crippen LogP) is 4.75. The van der Waals surface area contributed by atoms with Crippen molar-refractivity contribution >= 4 is 5.97 Å². The van der Waals surface area contributed by atoms with Crippen LogP contribution < -0.4 is 0 Å². The summed E-state index contributed by atoms with van der Waals surface area (Å²) in [5.41, 5.74) is 1.40. The highest BCUT2D eigenvalue weighted by Gasteiger charge is 2.53. The van der Waals surface area contributed by atoms with Crippen LogP contribution in [0.4, 0.5) is 0 Å². The lowest BCUT2D eigenvalue weighted by atomic mass is 9.56. The smallest absolute Gasteiger partial charge is 0.302 e. The van der Waals surface area contributed by atoms with Crippen LogP contribution in [0.2, 0.25) is 0 Å². The highest BCUT2D eigenvalue weighted by molar-refractivity contribution is 5.65. The topological polar surface area (TPSA) is 35.5 Å². The molecular formula is C20H34O3. The zero-order valence-electron chi connectivity index (χ0n) is 15.6. The Bertz CT molecular complexity index is 442. The van der Waals surface area contributed by atoms with E-state index >= 15 is 0 Å². The van der Waals surface area contributed by atoms with Gasteiger partial charge in [0.2, 0.25) is 0 Å². The molecule has 3 nitrogen and oxygen atoms in total. The molecule has 0 aromatic carbocycles. The third-order valence-electron chi connectivity index (χ3n) is 6.24. The number of allylic oxidation sites excluding steroid dienone is 1. The van der Waals surface area contributed by atoms with E-state index in [2.05, 4.69) is 33.8 Å². The summed E-state index contributed by atoms with van der Waals surface area (Å²) in [5.74, 6) is 1.15. The summed E-state index contributed by atoms with van der Waals surface area (Å²) in [4.78, 5) is 11.3. The molecule has 1 aliphatic heterocycles. The highest BCUT2D eigenvalue weighted by Crippen LogP contribution is 2.53. The molecule has 0 aromatic heterocycles. The number of carbonyl (C=O) groups excluding carboxylic acids is 1. The first-order chi connectivity index (χ1) is 10.9. The van der Waals surface area contributed by atoms with Gasteiger partial charge >= 0.3 is 5.97 Å². The monoisotopic (exact) mass is 322 g/mol. The van der Waals surface area contributed by atoms with E-state index in [0.717, 1.165) is 6.42 Å². The molecule has 0 unspecified atom stereocenters. The number of ether oxygens (including phenoxy) is 2. The van der Waals surface area contributed by atoms with Crippen molar-refractivity contribution in [2.75, 3.05) is 13.2 Å². The summed E-state index contributed by atoms with van der Waals surface area (Å²) in [6, 6.07) is 0. The van der Waals surface area contributed by atoms with Crippen LogP contribution in [0.3, 0.4) is 0 Å². The van der Waals surface area contributed by atoms with Crippen LogP contribution in [-0.4, -0.2) is 25.3 Å². The molecule has 1 saturated heterocycles. The number of rotatable bonds is 7. The Morgan fingerprint density at radius 2 is 2.09 bits per heavy atom. The molecule has 1 aliphatic carbocycles. The SMILES string of the molecule is CCCCCC[C@@H]1OC[C@@]2(COC(C)=O)[C@H](C)[C@@H]1C(C)=C[C@@H]2C. The van der Waals surface area contributed by atoms with Crippen molar-refractivity contribution in [3.8, 4) is 0 Å². The molecule has 3 heteroatoms. The first kappa shape index (κ1) is 18.5. The number of hydrogen-bond acceptors (Lipinski definition) is 3. The summed E-state index contributed by atoms with van der Waals surface area (Å²) < 4.78 is 11.8. The van der Waals surface area contributed by atoms with Gasteiger partial charge in [0.25, 0.3) is 0 Å². The van der Waals surface area contributed by atoms with Gasteiger partial charge in [-0.3, -0.25) is 4.79 Å². The summed E-state index contributed by atoms with van der Waals surface area (Å²) in [5, 5.41) is 0. The average Bonchev–Trinajstić information content (AvgIpc) is 2.49. The van der Waals surface area contributed by atoms with E-state index in [1.165, 1.54) is 38.2 Å². The van der Waals surface area contributed by atoms with Gasteiger partial charge < -0.3 is 9.47 Å². The molecule has 2 rings (SSSR count). The summed E-state index contributed by atoms with van der Waals surface area (Å²) in [6.45, 7) is 11.8. The van der Waals surface area contributed by atoms with Crippen molar-refractivity contribution in [3.05, 3.63) is 11.6 Å². The van der Waals surface area contributed by atoms with Crippen LogP contribution in [-0.2, 0) is 14.3 Å². The molecule has 0 amide bonds. The molecular weight excluding hydrogens is 288 g/mol. The quantitative estimate of drug-likeness (QED) is 0.385. The van der Waals surface area contributed by atoms with Gasteiger partial charge in [0.05, 0.1) is 19.3 Å². The Morgan fingerprint density at radius 3 is 2.74 bits per heavy atom. The first-order valence-corrected chi connectivity index (χ1v) is 9.35. The number of hydrogen-bond donors (Lipinski definition) is 0. The van der Waals surface area contributed by atoms with E-state index in [1.807, 2.05) is 0 Å². The molecule has 0 aromatic rings. The zero-order valence-corrected chi connectivity index (χ0v) is 15.6. The molecule has 2 aliphatic rings. The predicted molar refractivity (Wildman–Crippen MR) is 93.1 cm³/mol. The summed E-state index contributed by atoms with van der Waals surface area (Å²) in [7, 11) is 0. The number of unbranched alkanes of at least 4 members (excludes halogenated alkanes) is 3. The molecule has 0 radical (unpaired) electrons. The van der Waals surface area contributed by atoms with E-state index in [-0.39, 0.29) is 11.4 Å². The normalized spacial score (nSPS) is 36.5. The van der Waals surface area contributed by atoms with Crippen LogP contribution in [0.25, 0.3) is 0 Å². The van der Waals surface area contributed by atoms with E-state index in [1.54, 1.807) is 0 Å². The molecule has 23 heavy (non-hydrogen) atoms. The van der Waals surface area contributed by atoms with E-state index in [4.69, 9.17) is 9.47 Å². The summed E-state index contributed by atoms with van der Waals surface area (Å²) >= 11 is 0. The average molecular weight is 322 g/mol.